The van der Waals surface area contributed by atoms with Gasteiger partial charge in [-0.05, 0) is 65.6 Å². The number of thiophene rings is 1. The molecule has 0 saturated carbocycles. The minimum absolute atomic E-state index is 0.415. The molecule has 19 heavy (non-hydrogen) atoms. The second kappa shape index (κ2) is 7.08. The lowest BCUT2D eigenvalue weighted by atomic mass is 10.0. The molecular formula is C15H18BrNOS. The Kier molecular flexibility index (Phi) is 5.43. The number of aryl methyl sites for hydroxylation is 1. The normalized spacial score (nSPS) is 12.4. The summed E-state index contributed by atoms with van der Waals surface area (Å²) in [6.45, 7) is 0. The van der Waals surface area contributed by atoms with Gasteiger partial charge in [0.25, 0.3) is 0 Å². The largest absolute Gasteiger partial charge is 0.497 e. The first-order chi connectivity index (χ1) is 9.22. The van der Waals surface area contributed by atoms with E-state index in [4.69, 9.17) is 4.74 Å². The minimum atomic E-state index is 0.415. The Balaban J connectivity index is 1.95. The fraction of sp³-hybridized carbons (Fsp3) is 0.333. The third kappa shape index (κ3) is 4.06. The summed E-state index contributed by atoms with van der Waals surface area (Å²) in [5, 5.41) is 3.39. The number of ether oxygens (including phenoxy) is 1. The summed E-state index contributed by atoms with van der Waals surface area (Å²) in [6, 6.07) is 13.0. The average molecular weight is 340 g/mol. The Morgan fingerprint density at radius 3 is 2.47 bits per heavy atom. The molecule has 0 saturated heterocycles. The first-order valence-corrected chi connectivity index (χ1v) is 7.89. The zero-order valence-electron chi connectivity index (χ0n) is 11.2. The minimum Gasteiger partial charge on any atom is -0.497 e. The molecule has 2 nitrogen and oxygen atoms in total. The molecule has 102 valence electrons. The van der Waals surface area contributed by atoms with E-state index in [0.717, 1.165) is 18.6 Å². The van der Waals surface area contributed by atoms with E-state index in [1.807, 2.05) is 19.2 Å². The van der Waals surface area contributed by atoms with Crippen LogP contribution in [0.1, 0.15) is 22.9 Å². The Morgan fingerprint density at radius 1 is 1.21 bits per heavy atom. The highest BCUT2D eigenvalue weighted by Gasteiger charge is 2.11. The summed E-state index contributed by atoms with van der Waals surface area (Å²) >= 11 is 5.31. The first-order valence-electron chi connectivity index (χ1n) is 6.28. The maximum Gasteiger partial charge on any atom is 0.118 e. The summed E-state index contributed by atoms with van der Waals surface area (Å²) in [5.74, 6) is 0.913. The van der Waals surface area contributed by atoms with Crippen LogP contribution in [0, 0.1) is 0 Å². The Bertz CT molecular complexity index is 509. The van der Waals surface area contributed by atoms with Crippen LogP contribution in [0.4, 0.5) is 0 Å². The molecule has 0 spiro atoms. The maximum atomic E-state index is 5.17. The lowest BCUT2D eigenvalue weighted by molar-refractivity contribution is 0.414. The van der Waals surface area contributed by atoms with Crippen molar-refractivity contribution in [3.63, 3.8) is 0 Å². The number of rotatable bonds is 6. The average Bonchev–Trinajstić information content (AvgIpc) is 2.87. The second-order valence-electron chi connectivity index (χ2n) is 4.37. The number of hydrogen-bond acceptors (Lipinski definition) is 3. The molecule has 0 fully saturated rings. The van der Waals surface area contributed by atoms with Crippen molar-refractivity contribution in [2.24, 2.45) is 0 Å². The predicted molar refractivity (Wildman–Crippen MR) is 85.1 cm³/mol. The monoisotopic (exact) mass is 339 g/mol. The second-order valence-corrected chi connectivity index (χ2v) is 6.86. The highest BCUT2D eigenvalue weighted by Crippen LogP contribution is 2.29. The highest BCUT2D eigenvalue weighted by molar-refractivity contribution is 9.11. The molecular weight excluding hydrogens is 322 g/mol. The molecule has 0 radical (unpaired) electrons. The van der Waals surface area contributed by atoms with Gasteiger partial charge in [0.2, 0.25) is 0 Å². The third-order valence-electron chi connectivity index (χ3n) is 3.17. The highest BCUT2D eigenvalue weighted by atomic mass is 79.9. The van der Waals surface area contributed by atoms with E-state index in [1.54, 1.807) is 18.4 Å². The molecule has 4 heteroatoms. The number of methoxy groups -OCH3 is 1. The van der Waals surface area contributed by atoms with E-state index in [2.05, 4.69) is 45.5 Å². The zero-order valence-corrected chi connectivity index (χ0v) is 13.6. The molecule has 0 aliphatic carbocycles. The van der Waals surface area contributed by atoms with Crippen molar-refractivity contribution in [2.75, 3.05) is 14.2 Å². The molecule has 1 aromatic carbocycles. The molecule has 1 aromatic heterocycles. The van der Waals surface area contributed by atoms with Crippen LogP contribution in [0.2, 0.25) is 0 Å². The fourth-order valence-corrected chi connectivity index (χ4v) is 3.62. The van der Waals surface area contributed by atoms with Gasteiger partial charge in [-0.3, -0.25) is 0 Å². The summed E-state index contributed by atoms with van der Waals surface area (Å²) in [6.07, 6.45) is 2.15. The quantitative estimate of drug-likeness (QED) is 0.841. The summed E-state index contributed by atoms with van der Waals surface area (Å²) in [4.78, 5) is 1.38. The van der Waals surface area contributed by atoms with Crippen LogP contribution >= 0.6 is 27.3 Å². The summed E-state index contributed by atoms with van der Waals surface area (Å²) < 4.78 is 6.36. The number of halogens is 1. The zero-order chi connectivity index (χ0) is 13.7. The lowest BCUT2D eigenvalue weighted by Crippen LogP contribution is -2.15. The van der Waals surface area contributed by atoms with E-state index < -0.39 is 0 Å². The van der Waals surface area contributed by atoms with Crippen molar-refractivity contribution in [3.8, 4) is 5.75 Å². The van der Waals surface area contributed by atoms with E-state index in [1.165, 1.54) is 14.2 Å². The third-order valence-corrected chi connectivity index (χ3v) is 4.90. The van der Waals surface area contributed by atoms with Gasteiger partial charge in [0, 0.05) is 10.9 Å². The van der Waals surface area contributed by atoms with E-state index >= 15 is 0 Å². The Labute approximate surface area is 126 Å². The van der Waals surface area contributed by atoms with Crippen LogP contribution in [0.25, 0.3) is 0 Å². The topological polar surface area (TPSA) is 21.3 Å². The molecule has 0 amide bonds. The molecule has 2 aromatic rings. The standard InChI is InChI=1S/C15H18BrNOS/c1-17-13(14-9-10-15(16)19-14)8-5-11-3-6-12(18-2)7-4-11/h3-4,6-7,9-10,13,17H,5,8H2,1-2H3. The summed E-state index contributed by atoms with van der Waals surface area (Å²) in [7, 11) is 3.72. The molecule has 1 heterocycles. The van der Waals surface area contributed by atoms with Gasteiger partial charge in [-0.1, -0.05) is 12.1 Å². The smallest absolute Gasteiger partial charge is 0.118 e. The van der Waals surface area contributed by atoms with Crippen molar-refractivity contribution in [2.45, 2.75) is 18.9 Å². The molecule has 0 aliphatic rings. The van der Waals surface area contributed by atoms with Crippen LogP contribution in [0.3, 0.4) is 0 Å². The van der Waals surface area contributed by atoms with E-state index in [0.29, 0.717) is 6.04 Å². The predicted octanol–water partition coefficient (Wildman–Crippen LogP) is 4.41. The van der Waals surface area contributed by atoms with Crippen molar-refractivity contribution < 1.29 is 4.74 Å². The first kappa shape index (κ1) is 14.6. The lowest BCUT2D eigenvalue weighted by Gasteiger charge is -2.14. The van der Waals surface area contributed by atoms with Gasteiger partial charge in [0.15, 0.2) is 0 Å². The van der Waals surface area contributed by atoms with Crippen LogP contribution in [-0.2, 0) is 6.42 Å². The van der Waals surface area contributed by atoms with Gasteiger partial charge in [-0.2, -0.15) is 0 Å². The van der Waals surface area contributed by atoms with Gasteiger partial charge >= 0.3 is 0 Å². The van der Waals surface area contributed by atoms with E-state index in [-0.39, 0.29) is 0 Å². The van der Waals surface area contributed by atoms with E-state index in [9.17, 15) is 0 Å². The van der Waals surface area contributed by atoms with Crippen molar-refractivity contribution in [1.82, 2.24) is 5.32 Å². The molecule has 2 rings (SSSR count). The molecule has 0 aliphatic heterocycles. The van der Waals surface area contributed by atoms with Crippen LogP contribution in [0.5, 0.6) is 5.75 Å². The van der Waals surface area contributed by atoms with Crippen molar-refractivity contribution in [3.05, 3.63) is 50.6 Å². The Morgan fingerprint density at radius 2 is 1.95 bits per heavy atom. The van der Waals surface area contributed by atoms with Gasteiger partial charge in [0.05, 0.1) is 10.9 Å². The molecule has 1 unspecified atom stereocenters. The number of nitrogens with one attached hydrogen (secondary N) is 1. The number of hydrogen-bond donors (Lipinski definition) is 1. The van der Waals surface area contributed by atoms with Crippen LogP contribution < -0.4 is 10.1 Å². The SMILES string of the molecule is CNC(CCc1ccc(OC)cc1)c1ccc(Br)s1. The van der Waals surface area contributed by atoms with Gasteiger partial charge in [-0.15, -0.1) is 11.3 Å². The Hall–Kier alpha value is -0.840. The summed E-state index contributed by atoms with van der Waals surface area (Å²) in [5.41, 5.74) is 1.34. The van der Waals surface area contributed by atoms with Gasteiger partial charge < -0.3 is 10.1 Å². The molecule has 1 N–H and O–H groups in total. The molecule has 0 bridgehead atoms. The molecule has 1 atom stereocenters. The van der Waals surface area contributed by atoms with Gasteiger partial charge in [0.1, 0.15) is 5.75 Å². The maximum absolute atomic E-state index is 5.17. The van der Waals surface area contributed by atoms with Crippen molar-refractivity contribution >= 4 is 27.3 Å². The van der Waals surface area contributed by atoms with Crippen molar-refractivity contribution in [1.29, 1.82) is 0 Å². The van der Waals surface area contributed by atoms with Crippen LogP contribution in [0.15, 0.2) is 40.2 Å². The number of benzene rings is 1. The van der Waals surface area contributed by atoms with Crippen LogP contribution in [-0.4, -0.2) is 14.2 Å². The van der Waals surface area contributed by atoms with Gasteiger partial charge in [-0.25, -0.2) is 0 Å². The fourth-order valence-electron chi connectivity index (χ4n) is 2.05.